The molecule has 2 fully saturated rings. The Balaban J connectivity index is 1.75. The van der Waals surface area contributed by atoms with Gasteiger partial charge in [0.05, 0.1) is 11.3 Å². The number of Topliss-reactive ketones (excluding diaryl/α,β-unsaturated/α-hetero) is 2. The van der Waals surface area contributed by atoms with E-state index in [-0.39, 0.29) is 35.1 Å². The van der Waals surface area contributed by atoms with Crippen molar-refractivity contribution in [2.24, 2.45) is 11.8 Å². The Morgan fingerprint density at radius 3 is 2.45 bits per heavy atom. The molecule has 1 unspecified atom stereocenters. The topological polar surface area (TPSA) is 145 Å². The zero-order valence-corrected chi connectivity index (χ0v) is 22.4. The van der Waals surface area contributed by atoms with Crippen molar-refractivity contribution in [3.8, 4) is 11.5 Å². The number of rotatable bonds is 4. The van der Waals surface area contributed by atoms with Crippen LogP contribution in [-0.4, -0.2) is 70.4 Å². The minimum atomic E-state index is -5.11. The van der Waals surface area contributed by atoms with Crippen LogP contribution in [0.3, 0.4) is 0 Å². The van der Waals surface area contributed by atoms with Gasteiger partial charge in [-0.15, -0.1) is 13.2 Å². The number of hydrogen-bond acceptors (Lipinski definition) is 9. The first-order valence-corrected chi connectivity index (χ1v) is 13.1. The fourth-order valence-corrected chi connectivity index (χ4v) is 7.26. The van der Waals surface area contributed by atoms with Crippen molar-refractivity contribution < 1.29 is 42.8 Å². The first-order chi connectivity index (χ1) is 18.6. The third kappa shape index (κ3) is 3.87. The van der Waals surface area contributed by atoms with E-state index in [0.29, 0.717) is 25.0 Å². The summed E-state index contributed by atoms with van der Waals surface area (Å²) in [6.07, 6.45) is -2.95. The molecule has 5 atom stereocenters. The van der Waals surface area contributed by atoms with Crippen molar-refractivity contribution >= 4 is 23.0 Å². The third-order valence-electron chi connectivity index (χ3n) is 8.85. The molecule has 0 radical (unpaired) electrons. The second-order valence-corrected chi connectivity index (χ2v) is 11.2. The van der Waals surface area contributed by atoms with Gasteiger partial charge in [-0.25, -0.2) is 0 Å². The number of alkyl halides is 3. The molecule has 5 rings (SSSR count). The molecule has 1 saturated heterocycles. The summed E-state index contributed by atoms with van der Waals surface area (Å²) in [6, 6.07) is -1.20. The number of allylic oxidation sites excluding steroid dienone is 1. The number of carbonyl (C=O) groups excluding carboxylic acids is 2. The summed E-state index contributed by atoms with van der Waals surface area (Å²) in [5.74, 6) is -5.89. The normalized spacial score (nSPS) is 30.4. The number of anilines is 1. The van der Waals surface area contributed by atoms with Gasteiger partial charge >= 0.3 is 6.36 Å². The standard InChI is InChI=1S/C28H32F3N3O6/c1-5-13-11(2)21(34(3)4)15-10-12-9-14-18(22(35)17(12)26(38)27(15,39)25(13)37)23(36)20(32)19(16-7-6-8-33-16)24(14)40-28(29,30)31/h5,12,15-16,21,33,35-36,39H,1,6-10,32H2,2-4H3/t12-,15-,16?,21+,27+/m0/s1. The summed E-state index contributed by atoms with van der Waals surface area (Å²) >= 11 is 0. The van der Waals surface area contributed by atoms with Gasteiger partial charge in [0.25, 0.3) is 0 Å². The number of phenolic OH excluding ortho intramolecular Hbond substituents is 1. The highest BCUT2D eigenvalue weighted by atomic mass is 19.4. The minimum absolute atomic E-state index is 0.00890. The Hall–Kier alpha value is -3.35. The number of nitrogens with zero attached hydrogens (tertiary/aromatic N) is 1. The third-order valence-corrected chi connectivity index (χ3v) is 8.85. The molecule has 1 aromatic rings. The summed E-state index contributed by atoms with van der Waals surface area (Å²) in [4.78, 5) is 29.2. The molecule has 1 aromatic carbocycles. The van der Waals surface area contributed by atoms with Crippen LogP contribution in [0.4, 0.5) is 18.9 Å². The molecule has 0 spiro atoms. The molecular formula is C28H32F3N3O6. The van der Waals surface area contributed by atoms with E-state index in [9.17, 15) is 38.1 Å². The number of halogens is 3. The fourth-order valence-electron chi connectivity index (χ4n) is 7.26. The van der Waals surface area contributed by atoms with Gasteiger partial charge in [-0.3, -0.25) is 9.59 Å². The number of nitrogen functional groups attached to an aromatic ring is 1. The maximum absolute atomic E-state index is 14.0. The Labute approximate surface area is 228 Å². The van der Waals surface area contributed by atoms with E-state index in [1.807, 2.05) is 0 Å². The highest BCUT2D eigenvalue weighted by Gasteiger charge is 2.63. The summed E-state index contributed by atoms with van der Waals surface area (Å²) in [7, 11) is 3.46. The van der Waals surface area contributed by atoms with Crippen LogP contribution in [0, 0.1) is 11.8 Å². The number of aliphatic hydroxyl groups is 2. The smallest absolute Gasteiger partial charge is 0.507 e. The van der Waals surface area contributed by atoms with Crippen LogP contribution in [-0.2, 0) is 16.0 Å². The van der Waals surface area contributed by atoms with Crippen LogP contribution < -0.4 is 15.8 Å². The number of aromatic hydroxyl groups is 1. The van der Waals surface area contributed by atoms with Gasteiger partial charge in [-0.1, -0.05) is 12.7 Å². The Morgan fingerprint density at radius 2 is 1.90 bits per heavy atom. The molecule has 0 bridgehead atoms. The molecule has 216 valence electrons. The molecule has 0 amide bonds. The molecule has 1 heterocycles. The quantitative estimate of drug-likeness (QED) is 0.212. The first kappa shape index (κ1) is 28.2. The highest BCUT2D eigenvalue weighted by molar-refractivity contribution is 6.26. The lowest BCUT2D eigenvalue weighted by molar-refractivity contribution is -0.275. The Kier molecular flexibility index (Phi) is 6.59. The molecular weight excluding hydrogens is 531 g/mol. The summed E-state index contributed by atoms with van der Waals surface area (Å²) in [5.41, 5.74) is 2.86. The lowest BCUT2D eigenvalue weighted by Gasteiger charge is -2.51. The second kappa shape index (κ2) is 9.35. The number of nitrogens with one attached hydrogen (secondary N) is 1. The number of phenols is 1. The van der Waals surface area contributed by atoms with Gasteiger partial charge < -0.3 is 36.0 Å². The predicted octanol–water partition coefficient (Wildman–Crippen LogP) is 3.07. The molecule has 40 heavy (non-hydrogen) atoms. The number of nitrogens with two attached hydrogens (primary N) is 1. The second-order valence-electron chi connectivity index (χ2n) is 11.2. The van der Waals surface area contributed by atoms with Gasteiger partial charge in [0.15, 0.2) is 5.60 Å². The van der Waals surface area contributed by atoms with Gasteiger partial charge in [-0.05, 0) is 64.7 Å². The van der Waals surface area contributed by atoms with Crippen molar-refractivity contribution in [1.82, 2.24) is 10.2 Å². The van der Waals surface area contributed by atoms with E-state index >= 15 is 0 Å². The summed E-state index contributed by atoms with van der Waals surface area (Å²) in [6.45, 7) is 5.90. The zero-order chi connectivity index (χ0) is 29.5. The number of benzene rings is 1. The average molecular weight is 564 g/mol. The zero-order valence-electron chi connectivity index (χ0n) is 22.4. The van der Waals surface area contributed by atoms with Gasteiger partial charge in [0.2, 0.25) is 11.6 Å². The van der Waals surface area contributed by atoms with E-state index in [2.05, 4.69) is 16.6 Å². The van der Waals surface area contributed by atoms with Crippen LogP contribution in [0.5, 0.6) is 11.5 Å². The summed E-state index contributed by atoms with van der Waals surface area (Å²) < 4.78 is 45.6. The van der Waals surface area contributed by atoms with Crippen molar-refractivity contribution in [1.29, 1.82) is 0 Å². The Morgan fingerprint density at radius 1 is 1.23 bits per heavy atom. The number of likely N-dealkylation sites (N-methyl/N-ethyl adjacent to an activating group) is 1. The Bertz CT molecular complexity index is 1390. The number of ether oxygens (including phenoxy) is 1. The van der Waals surface area contributed by atoms with E-state index in [4.69, 9.17) is 5.73 Å². The van der Waals surface area contributed by atoms with Crippen LogP contribution in [0.1, 0.15) is 48.9 Å². The first-order valence-electron chi connectivity index (χ1n) is 13.1. The van der Waals surface area contributed by atoms with Crippen molar-refractivity contribution in [3.63, 3.8) is 0 Å². The van der Waals surface area contributed by atoms with E-state index in [0.717, 1.165) is 0 Å². The van der Waals surface area contributed by atoms with Crippen LogP contribution in [0.15, 0.2) is 29.4 Å². The van der Waals surface area contributed by atoms with Crippen LogP contribution >= 0.6 is 0 Å². The van der Waals surface area contributed by atoms with Crippen LogP contribution in [0.25, 0.3) is 5.76 Å². The lowest BCUT2D eigenvalue weighted by Crippen LogP contribution is -2.66. The molecule has 1 aliphatic heterocycles. The van der Waals surface area contributed by atoms with Crippen molar-refractivity contribution in [2.75, 3.05) is 26.4 Å². The summed E-state index contributed by atoms with van der Waals surface area (Å²) in [5, 5.41) is 37.3. The fraction of sp³-hybridized carbons (Fsp3) is 0.500. The van der Waals surface area contributed by atoms with E-state index in [1.54, 1.807) is 25.9 Å². The highest BCUT2D eigenvalue weighted by Crippen LogP contribution is 2.56. The molecule has 4 aliphatic rings. The predicted molar refractivity (Wildman–Crippen MR) is 139 cm³/mol. The molecule has 0 aromatic heterocycles. The largest absolute Gasteiger partial charge is 0.573 e. The van der Waals surface area contributed by atoms with Gasteiger partial charge in [0.1, 0.15) is 17.3 Å². The van der Waals surface area contributed by atoms with Gasteiger partial charge in [-0.2, -0.15) is 0 Å². The van der Waals surface area contributed by atoms with Crippen LogP contribution in [0.2, 0.25) is 0 Å². The van der Waals surface area contributed by atoms with Crippen molar-refractivity contribution in [3.05, 3.63) is 46.1 Å². The number of fused-ring (bicyclic) bond motifs is 3. The number of hydrogen-bond donors (Lipinski definition) is 5. The monoisotopic (exact) mass is 563 g/mol. The maximum atomic E-state index is 14.0. The number of carbonyl (C=O) groups is 2. The molecule has 12 heteroatoms. The maximum Gasteiger partial charge on any atom is 0.573 e. The number of ketones is 2. The molecule has 1 saturated carbocycles. The minimum Gasteiger partial charge on any atom is -0.507 e. The lowest BCUT2D eigenvalue weighted by atomic mass is 9.56. The SMILES string of the molecule is C=CC1=C(C)[C@@H](N(C)C)[C@@H]2C[C@@H]3Cc4c(OC(F)(F)F)c(C5CCCN5)c(N)c(O)c4C(O)=C3C(=O)[C@]2(O)C1=O. The van der Waals surface area contributed by atoms with E-state index < -0.39 is 76.0 Å². The van der Waals surface area contributed by atoms with Gasteiger partial charge in [0, 0.05) is 40.3 Å². The molecule has 9 nitrogen and oxygen atoms in total. The average Bonchev–Trinajstić information content (AvgIpc) is 3.38. The van der Waals surface area contributed by atoms with E-state index in [1.165, 1.54) is 6.08 Å². The molecule has 6 N–H and O–H groups in total. The number of aliphatic hydroxyl groups excluding tert-OH is 1. The van der Waals surface area contributed by atoms with Crippen molar-refractivity contribution in [2.45, 2.75) is 56.7 Å². The molecule has 3 aliphatic carbocycles.